The molecule has 0 bridgehead atoms. The van der Waals surface area contributed by atoms with E-state index < -0.39 is 0 Å². The van der Waals surface area contributed by atoms with Gasteiger partial charge in [0, 0.05) is 10.8 Å². The number of benzene rings is 1. The highest BCUT2D eigenvalue weighted by Crippen LogP contribution is 2.12. The fraction of sp³-hybridized carbons (Fsp3) is 0.385. The summed E-state index contributed by atoms with van der Waals surface area (Å²) in [6, 6.07) is 8.05. The minimum atomic E-state index is 1.16. The van der Waals surface area contributed by atoms with Crippen LogP contribution in [0.1, 0.15) is 19.3 Å². The number of fused-ring (bicyclic) bond motifs is 1. The number of furan rings is 1. The maximum atomic E-state index is 4.96. The molecule has 0 aliphatic carbocycles. The van der Waals surface area contributed by atoms with Crippen molar-refractivity contribution in [3.05, 3.63) is 36.8 Å². The van der Waals surface area contributed by atoms with E-state index in [2.05, 4.69) is 5.32 Å². The summed E-state index contributed by atoms with van der Waals surface area (Å²) in [4.78, 5) is 0. The lowest BCUT2D eigenvalue weighted by Crippen LogP contribution is -2.21. The summed E-state index contributed by atoms with van der Waals surface area (Å²) in [7, 11) is 0. The first kappa shape index (κ1) is 10.2. The molecule has 2 aromatic rings. The first-order valence-electron chi connectivity index (χ1n) is 5.58. The molecule has 15 heavy (non-hydrogen) atoms. The molecule has 1 N–H and O–H groups in total. The molecular formula is C13H17NO. The van der Waals surface area contributed by atoms with E-state index >= 15 is 0 Å². The van der Waals surface area contributed by atoms with Gasteiger partial charge in [0.2, 0.25) is 0 Å². The highest BCUT2D eigenvalue weighted by Gasteiger charge is 1.93. The molecule has 2 heterocycles. The van der Waals surface area contributed by atoms with Crippen LogP contribution in [0.4, 0.5) is 0 Å². The third kappa shape index (κ3) is 3.10. The summed E-state index contributed by atoms with van der Waals surface area (Å²) in [6.07, 6.45) is 7.71. The second kappa shape index (κ2) is 5.56. The Labute approximate surface area is 90.3 Å². The van der Waals surface area contributed by atoms with Gasteiger partial charge >= 0.3 is 0 Å². The van der Waals surface area contributed by atoms with Crippen molar-refractivity contribution in [2.24, 2.45) is 0 Å². The van der Waals surface area contributed by atoms with Gasteiger partial charge in [-0.25, -0.2) is 0 Å². The van der Waals surface area contributed by atoms with E-state index in [4.69, 9.17) is 4.42 Å². The van der Waals surface area contributed by atoms with Crippen LogP contribution < -0.4 is 5.32 Å². The van der Waals surface area contributed by atoms with Crippen molar-refractivity contribution in [3.8, 4) is 0 Å². The molecule has 1 aliphatic rings. The molecule has 0 amide bonds. The van der Waals surface area contributed by atoms with Crippen LogP contribution in [0.2, 0.25) is 0 Å². The molecule has 1 aromatic heterocycles. The highest BCUT2D eigenvalue weighted by atomic mass is 16.3. The van der Waals surface area contributed by atoms with E-state index in [1.165, 1.54) is 32.4 Å². The molecule has 2 heteroatoms. The molecule has 0 saturated carbocycles. The first-order chi connectivity index (χ1) is 7.47. The van der Waals surface area contributed by atoms with Gasteiger partial charge < -0.3 is 9.73 Å². The van der Waals surface area contributed by atoms with Crippen LogP contribution in [0.5, 0.6) is 0 Å². The number of nitrogens with one attached hydrogen (secondary N) is 1. The quantitative estimate of drug-likeness (QED) is 0.711. The smallest absolute Gasteiger partial charge is 0.0981 e. The Balaban J connectivity index is 0.000000124. The van der Waals surface area contributed by atoms with Gasteiger partial charge in [-0.15, -0.1) is 0 Å². The van der Waals surface area contributed by atoms with Gasteiger partial charge in [0.05, 0.1) is 12.5 Å². The average Bonchev–Trinajstić information content (AvgIpc) is 2.80. The summed E-state index contributed by atoms with van der Waals surface area (Å²) in [5.74, 6) is 0. The Bertz CT molecular complexity index is 348. The molecule has 1 aliphatic heterocycles. The maximum absolute atomic E-state index is 4.96. The zero-order valence-electron chi connectivity index (χ0n) is 8.91. The summed E-state index contributed by atoms with van der Waals surface area (Å²) in [5.41, 5.74) is 0. The third-order valence-electron chi connectivity index (χ3n) is 2.59. The molecule has 1 aromatic carbocycles. The van der Waals surface area contributed by atoms with Crippen LogP contribution in [0.15, 0.2) is 41.2 Å². The normalized spacial score (nSPS) is 15.7. The van der Waals surface area contributed by atoms with Crippen LogP contribution in [0.3, 0.4) is 0 Å². The number of hydrogen-bond acceptors (Lipinski definition) is 2. The van der Waals surface area contributed by atoms with Crippen LogP contribution in [-0.2, 0) is 0 Å². The van der Waals surface area contributed by atoms with Crippen molar-refractivity contribution in [3.63, 3.8) is 0 Å². The number of rotatable bonds is 0. The molecule has 3 rings (SSSR count). The molecule has 0 unspecified atom stereocenters. The maximum Gasteiger partial charge on any atom is 0.0981 e. The van der Waals surface area contributed by atoms with Crippen LogP contribution in [-0.4, -0.2) is 13.1 Å². The summed E-state index contributed by atoms with van der Waals surface area (Å²) in [6.45, 7) is 2.50. The Morgan fingerprint density at radius 1 is 0.867 bits per heavy atom. The Morgan fingerprint density at radius 3 is 1.87 bits per heavy atom. The fourth-order valence-electron chi connectivity index (χ4n) is 1.71. The minimum Gasteiger partial charge on any atom is -0.471 e. The van der Waals surface area contributed by atoms with Gasteiger partial charge in [0.1, 0.15) is 0 Å². The standard InChI is InChI=1S/C8H6O.C5H11N/c1-2-4-8-6-9-5-7(8)3-1;1-2-4-6-5-3-1/h1-6H;6H,1-5H2. The molecule has 0 spiro atoms. The third-order valence-corrected chi connectivity index (χ3v) is 2.59. The van der Waals surface area contributed by atoms with Crippen molar-refractivity contribution >= 4 is 10.8 Å². The monoisotopic (exact) mass is 203 g/mol. The van der Waals surface area contributed by atoms with Crippen LogP contribution >= 0.6 is 0 Å². The van der Waals surface area contributed by atoms with Crippen molar-refractivity contribution < 1.29 is 4.42 Å². The highest BCUT2D eigenvalue weighted by molar-refractivity contribution is 5.80. The number of piperidine rings is 1. The lowest BCUT2D eigenvalue weighted by molar-refractivity contribution is 0.520. The van der Waals surface area contributed by atoms with Gasteiger partial charge in [-0.2, -0.15) is 0 Å². The number of hydrogen-bond donors (Lipinski definition) is 1. The van der Waals surface area contributed by atoms with Crippen LogP contribution in [0.25, 0.3) is 10.8 Å². The van der Waals surface area contributed by atoms with Crippen molar-refractivity contribution in [1.82, 2.24) is 5.32 Å². The van der Waals surface area contributed by atoms with Crippen molar-refractivity contribution in [2.75, 3.05) is 13.1 Å². The van der Waals surface area contributed by atoms with Gasteiger partial charge in [-0.1, -0.05) is 30.7 Å². The van der Waals surface area contributed by atoms with E-state index in [0.29, 0.717) is 0 Å². The van der Waals surface area contributed by atoms with Gasteiger partial charge in [0.25, 0.3) is 0 Å². The predicted molar refractivity (Wildman–Crippen MR) is 62.9 cm³/mol. The van der Waals surface area contributed by atoms with E-state index in [-0.39, 0.29) is 0 Å². The van der Waals surface area contributed by atoms with Crippen molar-refractivity contribution in [2.45, 2.75) is 19.3 Å². The second-order valence-corrected chi connectivity index (χ2v) is 3.81. The minimum absolute atomic E-state index is 1.16. The van der Waals surface area contributed by atoms with Crippen molar-refractivity contribution in [1.29, 1.82) is 0 Å². The van der Waals surface area contributed by atoms with E-state index in [9.17, 15) is 0 Å². The van der Waals surface area contributed by atoms with Gasteiger partial charge in [-0.3, -0.25) is 0 Å². The molecule has 80 valence electrons. The van der Waals surface area contributed by atoms with Gasteiger partial charge in [-0.05, 0) is 25.9 Å². The zero-order chi connectivity index (χ0) is 10.3. The lowest BCUT2D eigenvalue weighted by atomic mass is 10.2. The Morgan fingerprint density at radius 2 is 1.47 bits per heavy atom. The molecular weight excluding hydrogens is 186 g/mol. The summed E-state index contributed by atoms with van der Waals surface area (Å²) < 4.78 is 4.96. The first-order valence-corrected chi connectivity index (χ1v) is 5.58. The van der Waals surface area contributed by atoms with E-state index in [1.807, 2.05) is 24.3 Å². The Hall–Kier alpha value is -1.28. The zero-order valence-corrected chi connectivity index (χ0v) is 8.91. The summed E-state index contributed by atoms with van der Waals surface area (Å²) >= 11 is 0. The fourth-order valence-corrected chi connectivity index (χ4v) is 1.71. The topological polar surface area (TPSA) is 25.2 Å². The van der Waals surface area contributed by atoms with E-state index in [0.717, 1.165) is 10.8 Å². The SMILES string of the molecule is C1CCNCC1.c1ccc2cocc2c1. The molecule has 0 radical (unpaired) electrons. The predicted octanol–water partition coefficient (Wildman–Crippen LogP) is 3.19. The van der Waals surface area contributed by atoms with Gasteiger partial charge in [0.15, 0.2) is 0 Å². The molecule has 1 fully saturated rings. The molecule has 0 atom stereocenters. The Kier molecular flexibility index (Phi) is 3.80. The van der Waals surface area contributed by atoms with E-state index in [1.54, 1.807) is 12.5 Å². The second-order valence-electron chi connectivity index (χ2n) is 3.81. The molecule has 2 nitrogen and oxygen atoms in total. The average molecular weight is 203 g/mol. The largest absolute Gasteiger partial charge is 0.471 e. The van der Waals surface area contributed by atoms with Crippen LogP contribution in [0, 0.1) is 0 Å². The lowest BCUT2D eigenvalue weighted by Gasteiger charge is -2.08. The summed E-state index contributed by atoms with van der Waals surface area (Å²) in [5, 5.41) is 5.61. The molecule has 1 saturated heterocycles.